The number of Topliss-reactive ketones (excluding diaryl/α,β-unsaturated/α-hetero) is 1. The first kappa shape index (κ1) is 23.8. The van der Waals surface area contributed by atoms with Crippen molar-refractivity contribution in [3.8, 4) is 17.2 Å². The van der Waals surface area contributed by atoms with Crippen LogP contribution in [0, 0.1) is 0 Å². The van der Waals surface area contributed by atoms with Crippen molar-refractivity contribution in [2.75, 3.05) is 27.9 Å². The molecule has 0 aliphatic carbocycles. The van der Waals surface area contributed by atoms with Crippen molar-refractivity contribution in [2.24, 2.45) is 0 Å². The second kappa shape index (κ2) is 11.5. The maximum absolute atomic E-state index is 12.6. The van der Waals surface area contributed by atoms with Gasteiger partial charge in [-0.1, -0.05) is 30.3 Å². The lowest BCUT2D eigenvalue weighted by Gasteiger charge is -2.18. The molecule has 154 valence electrons. The number of halogens is 1. The second-order valence-electron chi connectivity index (χ2n) is 6.33. The number of ketones is 1. The molecular weight excluding hydrogens is 382 g/mol. The first-order valence-corrected chi connectivity index (χ1v) is 8.91. The molecule has 0 fully saturated rings. The van der Waals surface area contributed by atoms with Crippen LogP contribution in [0.3, 0.4) is 0 Å². The molecule has 6 nitrogen and oxygen atoms in total. The molecular formula is C21H28ClNO5. The summed E-state index contributed by atoms with van der Waals surface area (Å²) >= 11 is 0. The highest BCUT2D eigenvalue weighted by atomic mass is 35.5. The van der Waals surface area contributed by atoms with Crippen molar-refractivity contribution in [1.82, 2.24) is 0 Å². The molecule has 0 spiro atoms. The molecule has 2 unspecified atom stereocenters. The van der Waals surface area contributed by atoms with Gasteiger partial charge in [0.2, 0.25) is 5.75 Å². The van der Waals surface area contributed by atoms with E-state index in [0.717, 1.165) is 5.56 Å². The average Bonchev–Trinajstić information content (AvgIpc) is 2.72. The lowest BCUT2D eigenvalue weighted by molar-refractivity contribution is -0.693. The Hall–Kier alpha value is -2.28. The van der Waals surface area contributed by atoms with Crippen LogP contribution < -0.4 is 31.9 Å². The van der Waals surface area contributed by atoms with Crippen LogP contribution in [0.4, 0.5) is 0 Å². The predicted molar refractivity (Wildman–Crippen MR) is 103 cm³/mol. The molecule has 0 aromatic heterocycles. The third-order valence-electron chi connectivity index (χ3n) is 4.54. The molecule has 0 aliphatic heterocycles. The summed E-state index contributed by atoms with van der Waals surface area (Å²) in [4.78, 5) is 12.6. The summed E-state index contributed by atoms with van der Waals surface area (Å²) in [5.74, 6) is 1.35. The monoisotopic (exact) mass is 409 g/mol. The van der Waals surface area contributed by atoms with Crippen LogP contribution in [-0.4, -0.2) is 44.8 Å². The van der Waals surface area contributed by atoms with E-state index in [-0.39, 0.29) is 24.2 Å². The molecule has 0 bridgehead atoms. The van der Waals surface area contributed by atoms with Gasteiger partial charge in [0.25, 0.3) is 0 Å². The fourth-order valence-corrected chi connectivity index (χ4v) is 2.95. The molecule has 0 saturated carbocycles. The first-order valence-electron chi connectivity index (χ1n) is 8.91. The normalized spacial score (nSPS) is 12.5. The van der Waals surface area contributed by atoms with Crippen molar-refractivity contribution in [1.29, 1.82) is 0 Å². The largest absolute Gasteiger partial charge is 1.00 e. The summed E-state index contributed by atoms with van der Waals surface area (Å²) in [5.41, 5.74) is 1.38. The molecule has 0 aliphatic rings. The number of ether oxygens (including phenoxy) is 3. The van der Waals surface area contributed by atoms with Crippen LogP contribution >= 0.6 is 0 Å². The third-order valence-corrected chi connectivity index (χ3v) is 4.54. The number of rotatable bonds is 10. The molecule has 2 atom stereocenters. The number of carbonyl (C=O) groups excluding carboxylic acids is 1. The van der Waals surface area contributed by atoms with E-state index in [1.165, 1.54) is 21.3 Å². The standard InChI is InChI=1S/C21H27NO5.ClH/c1-14(20(24)15-8-6-5-7-9-15)22-11-10-17(23)16-12-18(25-2)21(27-4)19(13-16)26-3;/h5-9,12-14,20,22,24H,10-11H2,1-4H3;1H. The van der Waals surface area contributed by atoms with Crippen LogP contribution in [-0.2, 0) is 0 Å². The predicted octanol–water partition coefficient (Wildman–Crippen LogP) is -1.03. The Labute approximate surface area is 172 Å². The zero-order valence-electron chi connectivity index (χ0n) is 16.6. The number of aliphatic hydroxyl groups is 1. The Morgan fingerprint density at radius 1 is 1.04 bits per heavy atom. The number of hydrogen-bond donors (Lipinski definition) is 2. The minimum atomic E-state index is -0.581. The van der Waals surface area contributed by atoms with Crippen LogP contribution in [0.1, 0.15) is 35.4 Å². The number of benzene rings is 2. The molecule has 2 aromatic rings. The summed E-state index contributed by atoms with van der Waals surface area (Å²) in [7, 11) is 4.56. The van der Waals surface area contributed by atoms with E-state index < -0.39 is 6.10 Å². The van der Waals surface area contributed by atoms with Gasteiger partial charge in [0, 0.05) is 5.56 Å². The van der Waals surface area contributed by atoms with Gasteiger partial charge in [0.15, 0.2) is 17.3 Å². The Bertz CT molecular complexity index is 729. The molecule has 0 heterocycles. The Balaban J connectivity index is 0.00000392. The zero-order chi connectivity index (χ0) is 19.8. The van der Waals surface area contributed by atoms with Crippen LogP contribution in [0.5, 0.6) is 17.2 Å². The number of nitrogens with two attached hydrogens (primary N) is 1. The highest BCUT2D eigenvalue weighted by molar-refractivity contribution is 5.97. The number of hydrogen-bond acceptors (Lipinski definition) is 5. The SMILES string of the molecule is COc1cc(C(=O)CC[NH2+]C(C)C(O)c2ccccc2)cc(OC)c1OC.[Cl-]. The molecule has 3 N–H and O–H groups in total. The number of methoxy groups -OCH3 is 3. The molecule has 0 saturated heterocycles. The highest BCUT2D eigenvalue weighted by Gasteiger charge is 2.20. The van der Waals surface area contributed by atoms with Gasteiger partial charge in [-0.25, -0.2) is 0 Å². The zero-order valence-corrected chi connectivity index (χ0v) is 17.4. The van der Waals surface area contributed by atoms with Crippen LogP contribution in [0.2, 0.25) is 0 Å². The van der Waals surface area contributed by atoms with Gasteiger partial charge in [0.1, 0.15) is 12.1 Å². The topological polar surface area (TPSA) is 81.6 Å². The molecule has 2 aromatic carbocycles. The van der Waals surface area contributed by atoms with E-state index in [4.69, 9.17) is 14.2 Å². The van der Waals surface area contributed by atoms with Crippen molar-refractivity contribution in [2.45, 2.75) is 25.5 Å². The number of carbonyl (C=O) groups is 1. The van der Waals surface area contributed by atoms with Gasteiger partial charge in [-0.2, -0.15) is 0 Å². The Kier molecular flexibility index (Phi) is 9.79. The number of quaternary nitrogens is 1. The second-order valence-corrected chi connectivity index (χ2v) is 6.33. The summed E-state index contributed by atoms with van der Waals surface area (Å²) in [6, 6.07) is 12.8. The van der Waals surface area contributed by atoms with E-state index in [1.54, 1.807) is 12.1 Å². The highest BCUT2D eigenvalue weighted by Crippen LogP contribution is 2.38. The molecule has 28 heavy (non-hydrogen) atoms. The van der Waals surface area contributed by atoms with Gasteiger partial charge in [-0.05, 0) is 24.6 Å². The molecule has 0 amide bonds. The smallest absolute Gasteiger partial charge is 0.203 e. The maximum Gasteiger partial charge on any atom is 0.203 e. The third kappa shape index (κ3) is 5.86. The van der Waals surface area contributed by atoms with E-state index >= 15 is 0 Å². The summed E-state index contributed by atoms with van der Waals surface area (Å²) in [6.45, 7) is 2.52. The summed E-state index contributed by atoms with van der Waals surface area (Å²) in [5, 5.41) is 12.4. The average molecular weight is 410 g/mol. The van der Waals surface area contributed by atoms with Crippen molar-refractivity contribution < 1.29 is 41.8 Å². The van der Waals surface area contributed by atoms with Gasteiger partial charge in [-0.3, -0.25) is 4.79 Å². The molecule has 7 heteroatoms. The molecule has 2 rings (SSSR count). The van der Waals surface area contributed by atoms with E-state index in [9.17, 15) is 9.90 Å². The minimum Gasteiger partial charge on any atom is -1.00 e. The van der Waals surface area contributed by atoms with Crippen LogP contribution in [0.15, 0.2) is 42.5 Å². The van der Waals surface area contributed by atoms with Crippen molar-refractivity contribution >= 4 is 5.78 Å². The Morgan fingerprint density at radius 3 is 2.11 bits per heavy atom. The van der Waals surface area contributed by atoms with E-state index in [1.807, 2.05) is 42.6 Å². The number of aliphatic hydroxyl groups excluding tert-OH is 1. The van der Waals surface area contributed by atoms with Crippen molar-refractivity contribution in [3.63, 3.8) is 0 Å². The van der Waals surface area contributed by atoms with Crippen LogP contribution in [0.25, 0.3) is 0 Å². The Morgan fingerprint density at radius 2 is 1.61 bits per heavy atom. The van der Waals surface area contributed by atoms with Gasteiger partial charge < -0.3 is 37.0 Å². The van der Waals surface area contributed by atoms with Gasteiger partial charge in [-0.15, -0.1) is 0 Å². The van der Waals surface area contributed by atoms with E-state index in [0.29, 0.717) is 35.8 Å². The van der Waals surface area contributed by atoms with Crippen molar-refractivity contribution in [3.05, 3.63) is 53.6 Å². The first-order chi connectivity index (χ1) is 13.0. The maximum atomic E-state index is 12.6. The fourth-order valence-electron chi connectivity index (χ4n) is 2.95. The minimum absolute atomic E-state index is 0. The quantitative estimate of drug-likeness (QED) is 0.491. The lowest BCUT2D eigenvalue weighted by atomic mass is 10.0. The summed E-state index contributed by atoms with van der Waals surface area (Å²) < 4.78 is 15.9. The van der Waals surface area contributed by atoms with Gasteiger partial charge >= 0.3 is 0 Å². The fraction of sp³-hybridized carbons (Fsp3) is 0.381. The lowest BCUT2D eigenvalue weighted by Crippen LogP contribution is -3.00. The summed E-state index contributed by atoms with van der Waals surface area (Å²) in [6.07, 6.45) is -0.243. The van der Waals surface area contributed by atoms with E-state index in [2.05, 4.69) is 0 Å². The van der Waals surface area contributed by atoms with Gasteiger partial charge in [0.05, 0.1) is 34.3 Å². The molecule has 0 radical (unpaired) electrons.